The number of aromatic nitrogens is 2. The van der Waals surface area contributed by atoms with Crippen molar-refractivity contribution in [2.45, 2.75) is 39.3 Å². The van der Waals surface area contributed by atoms with Gasteiger partial charge in [-0.05, 0) is 44.4 Å². The van der Waals surface area contributed by atoms with Gasteiger partial charge in [0.2, 0.25) is 0 Å². The molecule has 3 heterocycles. The predicted octanol–water partition coefficient (Wildman–Crippen LogP) is 2.24. The largest absolute Gasteiger partial charge is 0.395 e. The van der Waals surface area contributed by atoms with Crippen molar-refractivity contribution in [3.05, 3.63) is 35.8 Å². The van der Waals surface area contributed by atoms with Crippen molar-refractivity contribution in [1.82, 2.24) is 14.3 Å². The van der Waals surface area contributed by atoms with Crippen LogP contribution in [0.25, 0.3) is 5.65 Å². The van der Waals surface area contributed by atoms with E-state index in [1.54, 1.807) is 0 Å². The van der Waals surface area contributed by atoms with Gasteiger partial charge in [0.05, 0.1) is 18.0 Å². The second kappa shape index (κ2) is 5.54. The molecule has 1 aliphatic heterocycles. The number of pyridine rings is 1. The van der Waals surface area contributed by atoms with E-state index in [4.69, 9.17) is 0 Å². The molecule has 2 atom stereocenters. The van der Waals surface area contributed by atoms with Crippen LogP contribution in [-0.2, 0) is 6.54 Å². The Hall–Kier alpha value is -1.39. The zero-order valence-electron chi connectivity index (χ0n) is 12.3. The fourth-order valence-electron chi connectivity index (χ4n) is 3.37. The summed E-state index contributed by atoms with van der Waals surface area (Å²) in [4.78, 5) is 7.04. The molecule has 20 heavy (non-hydrogen) atoms. The van der Waals surface area contributed by atoms with Gasteiger partial charge in [0.1, 0.15) is 5.65 Å². The first kappa shape index (κ1) is 13.6. The average molecular weight is 273 g/mol. The van der Waals surface area contributed by atoms with E-state index in [0.717, 1.165) is 24.4 Å². The summed E-state index contributed by atoms with van der Waals surface area (Å²) >= 11 is 0. The molecule has 108 valence electrons. The quantitative estimate of drug-likeness (QED) is 0.932. The Kier molecular flexibility index (Phi) is 3.76. The number of fused-ring (bicyclic) bond motifs is 1. The number of nitrogens with zero attached hydrogens (tertiary/aromatic N) is 3. The van der Waals surface area contributed by atoms with Crippen LogP contribution >= 0.6 is 0 Å². The van der Waals surface area contributed by atoms with Crippen LogP contribution in [0.15, 0.2) is 24.4 Å². The molecule has 0 aliphatic carbocycles. The van der Waals surface area contributed by atoms with Crippen molar-refractivity contribution in [1.29, 1.82) is 0 Å². The molecular formula is C16H23N3O. The number of piperidine rings is 1. The van der Waals surface area contributed by atoms with E-state index in [0.29, 0.717) is 5.92 Å². The van der Waals surface area contributed by atoms with Crippen LogP contribution in [-0.4, -0.2) is 38.6 Å². The summed E-state index contributed by atoms with van der Waals surface area (Å²) in [6.45, 7) is 6.50. The lowest BCUT2D eigenvalue weighted by Crippen LogP contribution is -2.46. The summed E-state index contributed by atoms with van der Waals surface area (Å²) < 4.78 is 2.17. The molecular weight excluding hydrogens is 250 g/mol. The normalized spacial score (nSPS) is 24.4. The molecule has 0 saturated carbocycles. The molecule has 2 aromatic heterocycles. The highest BCUT2D eigenvalue weighted by Crippen LogP contribution is 2.25. The maximum Gasteiger partial charge on any atom is 0.137 e. The van der Waals surface area contributed by atoms with Gasteiger partial charge in [0.25, 0.3) is 0 Å². The van der Waals surface area contributed by atoms with Crippen LogP contribution in [0.2, 0.25) is 0 Å². The molecule has 0 bridgehead atoms. The Morgan fingerprint density at radius 2 is 2.25 bits per heavy atom. The molecule has 0 spiro atoms. The Bertz CT molecular complexity index is 592. The first-order valence-corrected chi connectivity index (χ1v) is 7.48. The van der Waals surface area contributed by atoms with E-state index >= 15 is 0 Å². The number of hydrogen-bond donors (Lipinski definition) is 1. The van der Waals surface area contributed by atoms with Crippen molar-refractivity contribution in [2.24, 2.45) is 5.92 Å². The molecule has 1 aliphatic rings. The zero-order chi connectivity index (χ0) is 14.1. The highest BCUT2D eigenvalue weighted by atomic mass is 16.3. The number of aryl methyl sites for hydroxylation is 1. The lowest BCUT2D eigenvalue weighted by atomic mass is 9.91. The summed E-state index contributed by atoms with van der Waals surface area (Å²) in [5.41, 5.74) is 3.34. The fraction of sp³-hybridized carbons (Fsp3) is 0.562. The second-order valence-corrected chi connectivity index (χ2v) is 5.91. The maximum atomic E-state index is 9.68. The Balaban J connectivity index is 1.90. The lowest BCUT2D eigenvalue weighted by Gasteiger charge is -2.39. The first-order valence-electron chi connectivity index (χ1n) is 7.48. The summed E-state index contributed by atoms with van der Waals surface area (Å²) in [7, 11) is 0. The Labute approximate surface area is 120 Å². The van der Waals surface area contributed by atoms with Crippen LogP contribution in [0.5, 0.6) is 0 Å². The summed E-state index contributed by atoms with van der Waals surface area (Å²) in [5, 5.41) is 9.68. The minimum atomic E-state index is 0.247. The van der Waals surface area contributed by atoms with E-state index in [1.807, 2.05) is 18.2 Å². The van der Waals surface area contributed by atoms with E-state index in [2.05, 4.69) is 34.3 Å². The Morgan fingerprint density at radius 1 is 1.40 bits per heavy atom. The van der Waals surface area contributed by atoms with Crippen LogP contribution in [0.3, 0.4) is 0 Å². The monoisotopic (exact) mass is 273 g/mol. The molecule has 2 unspecified atom stereocenters. The van der Waals surface area contributed by atoms with E-state index in [-0.39, 0.29) is 12.6 Å². The minimum absolute atomic E-state index is 0.247. The highest BCUT2D eigenvalue weighted by molar-refractivity contribution is 5.42. The molecule has 0 amide bonds. The molecule has 2 aromatic rings. The summed E-state index contributed by atoms with van der Waals surface area (Å²) in [5.74, 6) is 0.563. The first-order chi connectivity index (χ1) is 9.70. The Morgan fingerprint density at radius 3 is 3.05 bits per heavy atom. The highest BCUT2D eigenvalue weighted by Gasteiger charge is 2.28. The van der Waals surface area contributed by atoms with Gasteiger partial charge >= 0.3 is 0 Å². The third-order valence-corrected chi connectivity index (χ3v) is 4.60. The van der Waals surface area contributed by atoms with Gasteiger partial charge in [-0.3, -0.25) is 4.90 Å². The van der Waals surface area contributed by atoms with Crippen LogP contribution < -0.4 is 0 Å². The standard InChI is InChI=1S/C16H23N3O/c1-12-6-5-8-18(15(12)11-20)10-14-13(2)17-16-7-3-4-9-19(14)16/h3-4,7,9,12,15,20H,5-6,8,10-11H2,1-2H3. The number of rotatable bonds is 3. The molecule has 0 radical (unpaired) electrons. The van der Waals surface area contributed by atoms with Gasteiger partial charge in [0, 0.05) is 18.8 Å². The predicted molar refractivity (Wildman–Crippen MR) is 79.6 cm³/mol. The zero-order valence-corrected chi connectivity index (χ0v) is 12.3. The third-order valence-electron chi connectivity index (χ3n) is 4.60. The molecule has 1 saturated heterocycles. The van der Waals surface area contributed by atoms with Crippen LogP contribution in [0.1, 0.15) is 31.2 Å². The molecule has 1 N–H and O–H groups in total. The smallest absolute Gasteiger partial charge is 0.137 e. The number of aliphatic hydroxyl groups excluding tert-OH is 1. The number of hydrogen-bond acceptors (Lipinski definition) is 3. The van der Waals surface area contributed by atoms with Crippen molar-refractivity contribution in [2.75, 3.05) is 13.2 Å². The lowest BCUT2D eigenvalue weighted by molar-refractivity contribution is 0.0460. The molecule has 1 fully saturated rings. The van der Waals surface area contributed by atoms with Gasteiger partial charge in [-0.1, -0.05) is 13.0 Å². The van der Waals surface area contributed by atoms with Gasteiger partial charge in [0.15, 0.2) is 0 Å². The van der Waals surface area contributed by atoms with Gasteiger partial charge in [-0.15, -0.1) is 0 Å². The van der Waals surface area contributed by atoms with Crippen molar-refractivity contribution < 1.29 is 5.11 Å². The van der Waals surface area contributed by atoms with Crippen LogP contribution in [0.4, 0.5) is 0 Å². The average Bonchev–Trinajstić information content (AvgIpc) is 2.76. The molecule has 4 heteroatoms. The number of imidazole rings is 1. The number of aliphatic hydroxyl groups is 1. The van der Waals surface area contributed by atoms with E-state index in [1.165, 1.54) is 18.5 Å². The van der Waals surface area contributed by atoms with Gasteiger partial charge < -0.3 is 9.51 Å². The number of likely N-dealkylation sites (tertiary alicyclic amines) is 1. The minimum Gasteiger partial charge on any atom is -0.395 e. The van der Waals surface area contributed by atoms with Gasteiger partial charge in [-0.25, -0.2) is 4.98 Å². The van der Waals surface area contributed by atoms with Crippen molar-refractivity contribution >= 4 is 5.65 Å². The fourth-order valence-corrected chi connectivity index (χ4v) is 3.37. The van der Waals surface area contributed by atoms with E-state index < -0.39 is 0 Å². The van der Waals surface area contributed by atoms with Crippen LogP contribution in [0, 0.1) is 12.8 Å². The summed E-state index contributed by atoms with van der Waals surface area (Å²) in [6.07, 6.45) is 4.51. The second-order valence-electron chi connectivity index (χ2n) is 5.91. The molecule has 3 rings (SSSR count). The SMILES string of the molecule is Cc1nc2ccccn2c1CN1CCCC(C)C1CO. The topological polar surface area (TPSA) is 40.8 Å². The molecule has 4 nitrogen and oxygen atoms in total. The van der Waals surface area contributed by atoms with Crippen molar-refractivity contribution in [3.8, 4) is 0 Å². The van der Waals surface area contributed by atoms with E-state index in [9.17, 15) is 5.11 Å². The molecule has 0 aromatic carbocycles. The maximum absolute atomic E-state index is 9.68. The third kappa shape index (κ3) is 2.34. The summed E-state index contributed by atoms with van der Waals surface area (Å²) in [6, 6.07) is 6.38. The van der Waals surface area contributed by atoms with Gasteiger partial charge in [-0.2, -0.15) is 0 Å². The van der Waals surface area contributed by atoms with Crippen molar-refractivity contribution in [3.63, 3.8) is 0 Å².